The van der Waals surface area contributed by atoms with Crippen molar-refractivity contribution < 1.29 is 13.2 Å². The van der Waals surface area contributed by atoms with E-state index in [4.69, 9.17) is 4.74 Å². The van der Waals surface area contributed by atoms with E-state index in [1.165, 1.54) is 17.4 Å². The molecule has 1 fully saturated rings. The topological polar surface area (TPSA) is 58.6 Å². The van der Waals surface area contributed by atoms with Crippen LogP contribution in [0.1, 0.15) is 24.1 Å². The van der Waals surface area contributed by atoms with Crippen molar-refractivity contribution in [3.8, 4) is 5.75 Å². The highest BCUT2D eigenvalue weighted by atomic mass is 35.5. The Morgan fingerprint density at radius 3 is 2.61 bits per heavy atom. The van der Waals surface area contributed by atoms with Crippen LogP contribution in [-0.4, -0.2) is 52.4 Å². The van der Waals surface area contributed by atoms with Crippen molar-refractivity contribution in [2.45, 2.75) is 24.3 Å². The summed E-state index contributed by atoms with van der Waals surface area (Å²) in [5.74, 6) is 0.594. The van der Waals surface area contributed by atoms with Crippen molar-refractivity contribution >= 4 is 22.2 Å². The molecule has 0 spiro atoms. The van der Waals surface area contributed by atoms with Crippen LogP contribution in [0.4, 0.5) is 0 Å². The van der Waals surface area contributed by atoms with Gasteiger partial charge in [-0.1, -0.05) is 37.3 Å². The zero-order chi connectivity index (χ0) is 19.3. The number of sulfone groups is 1. The van der Waals surface area contributed by atoms with Crippen LogP contribution in [0.15, 0.2) is 53.4 Å². The first-order chi connectivity index (χ1) is 13.0. The van der Waals surface area contributed by atoms with Gasteiger partial charge in [-0.2, -0.15) is 0 Å². The van der Waals surface area contributed by atoms with Gasteiger partial charge in [0, 0.05) is 38.5 Å². The van der Waals surface area contributed by atoms with E-state index < -0.39 is 9.84 Å². The molecule has 2 aromatic rings. The van der Waals surface area contributed by atoms with Crippen LogP contribution in [0.25, 0.3) is 0 Å². The summed E-state index contributed by atoms with van der Waals surface area (Å²) in [7, 11) is -3.22. The van der Waals surface area contributed by atoms with Crippen LogP contribution >= 0.6 is 12.4 Å². The SMILES string of the molecule is CCc1ccc(C2CNCCN2CCOc2cccc(S(C)(=O)=O)c2)cc1.Cl. The Bertz CT molecular complexity index is 856. The number of halogens is 1. The maximum Gasteiger partial charge on any atom is 0.175 e. The summed E-state index contributed by atoms with van der Waals surface area (Å²) in [5.41, 5.74) is 2.67. The monoisotopic (exact) mass is 424 g/mol. The highest BCUT2D eigenvalue weighted by Gasteiger charge is 2.23. The Morgan fingerprint density at radius 2 is 1.93 bits per heavy atom. The molecule has 1 aliphatic rings. The molecule has 1 saturated heterocycles. The van der Waals surface area contributed by atoms with E-state index >= 15 is 0 Å². The Balaban J connectivity index is 0.00000280. The molecule has 1 atom stereocenters. The van der Waals surface area contributed by atoms with Crippen molar-refractivity contribution in [1.29, 1.82) is 0 Å². The van der Waals surface area contributed by atoms with E-state index in [1.807, 2.05) is 0 Å². The van der Waals surface area contributed by atoms with Gasteiger partial charge in [0.1, 0.15) is 12.4 Å². The Morgan fingerprint density at radius 1 is 1.18 bits per heavy atom. The number of hydrogen-bond acceptors (Lipinski definition) is 5. The molecule has 1 aliphatic heterocycles. The van der Waals surface area contributed by atoms with E-state index in [0.29, 0.717) is 18.4 Å². The fourth-order valence-electron chi connectivity index (χ4n) is 3.39. The Kier molecular flexibility index (Phi) is 8.31. The molecule has 0 aliphatic carbocycles. The van der Waals surface area contributed by atoms with Gasteiger partial charge in [0.15, 0.2) is 9.84 Å². The molecule has 1 unspecified atom stereocenters. The van der Waals surface area contributed by atoms with E-state index in [1.54, 1.807) is 24.3 Å². The maximum absolute atomic E-state index is 11.7. The molecule has 28 heavy (non-hydrogen) atoms. The predicted octanol–water partition coefficient (Wildman–Crippen LogP) is 3.10. The molecule has 0 bridgehead atoms. The number of nitrogens with one attached hydrogen (secondary N) is 1. The van der Waals surface area contributed by atoms with Crippen LogP contribution < -0.4 is 10.1 Å². The first-order valence-corrected chi connectivity index (χ1v) is 11.3. The summed E-state index contributed by atoms with van der Waals surface area (Å²) in [4.78, 5) is 2.72. The number of ether oxygens (including phenoxy) is 1. The Labute approximate surface area is 174 Å². The lowest BCUT2D eigenvalue weighted by Crippen LogP contribution is -2.47. The third-order valence-electron chi connectivity index (χ3n) is 5.01. The predicted molar refractivity (Wildman–Crippen MR) is 115 cm³/mol. The lowest BCUT2D eigenvalue weighted by Gasteiger charge is -2.36. The lowest BCUT2D eigenvalue weighted by molar-refractivity contribution is 0.134. The standard InChI is InChI=1S/C21H28N2O3S.ClH/c1-3-17-7-9-18(10-8-17)21-16-22-11-12-23(21)13-14-26-19-5-4-6-20(15-19)27(2,24)25;/h4-10,15,21-22H,3,11-14,16H2,1-2H3;1H. The second-order valence-electron chi connectivity index (χ2n) is 6.95. The van der Waals surface area contributed by atoms with Gasteiger partial charge in [0.2, 0.25) is 0 Å². The molecule has 1 heterocycles. The molecule has 3 rings (SSSR count). The largest absolute Gasteiger partial charge is 0.492 e. The zero-order valence-electron chi connectivity index (χ0n) is 16.4. The second-order valence-corrected chi connectivity index (χ2v) is 8.96. The maximum atomic E-state index is 11.7. The summed E-state index contributed by atoms with van der Waals surface area (Å²) in [6.45, 7) is 6.34. The van der Waals surface area contributed by atoms with Gasteiger partial charge in [-0.05, 0) is 35.7 Å². The highest BCUT2D eigenvalue weighted by Crippen LogP contribution is 2.23. The number of nitrogens with zero attached hydrogens (tertiary/aromatic N) is 1. The average Bonchev–Trinajstić information content (AvgIpc) is 2.68. The molecule has 0 radical (unpaired) electrons. The van der Waals surface area contributed by atoms with Gasteiger partial charge in [-0.3, -0.25) is 4.90 Å². The summed E-state index contributed by atoms with van der Waals surface area (Å²) >= 11 is 0. The van der Waals surface area contributed by atoms with Gasteiger partial charge in [0.05, 0.1) is 4.90 Å². The second kappa shape index (κ2) is 10.3. The van der Waals surface area contributed by atoms with Crippen molar-refractivity contribution in [1.82, 2.24) is 10.2 Å². The highest BCUT2D eigenvalue weighted by molar-refractivity contribution is 7.90. The molecule has 7 heteroatoms. The van der Waals surface area contributed by atoms with E-state index in [2.05, 4.69) is 41.4 Å². The number of hydrogen-bond donors (Lipinski definition) is 1. The molecule has 0 saturated carbocycles. The average molecular weight is 425 g/mol. The van der Waals surface area contributed by atoms with Crippen molar-refractivity contribution in [3.63, 3.8) is 0 Å². The molecular formula is C21H29ClN2O3S. The van der Waals surface area contributed by atoms with Crippen LogP contribution in [-0.2, 0) is 16.3 Å². The molecule has 5 nitrogen and oxygen atoms in total. The van der Waals surface area contributed by atoms with Gasteiger partial charge >= 0.3 is 0 Å². The normalized spacial score (nSPS) is 17.7. The summed E-state index contributed by atoms with van der Waals surface area (Å²) < 4.78 is 29.2. The summed E-state index contributed by atoms with van der Waals surface area (Å²) in [5, 5.41) is 3.47. The molecule has 1 N–H and O–H groups in total. The number of aryl methyl sites for hydroxylation is 1. The minimum atomic E-state index is -3.22. The van der Waals surface area contributed by atoms with Crippen molar-refractivity contribution in [2.24, 2.45) is 0 Å². The lowest BCUT2D eigenvalue weighted by atomic mass is 10.0. The third-order valence-corrected chi connectivity index (χ3v) is 6.12. The van der Waals surface area contributed by atoms with Crippen LogP contribution in [0.2, 0.25) is 0 Å². The molecule has 0 amide bonds. The van der Waals surface area contributed by atoms with Gasteiger partial charge in [-0.25, -0.2) is 8.42 Å². The molecule has 154 valence electrons. The molecule has 2 aromatic carbocycles. The molecular weight excluding hydrogens is 396 g/mol. The number of benzene rings is 2. The number of piperazine rings is 1. The van der Waals surface area contributed by atoms with Crippen molar-refractivity contribution in [3.05, 3.63) is 59.7 Å². The quantitative estimate of drug-likeness (QED) is 0.740. The van der Waals surface area contributed by atoms with Crippen LogP contribution in [0.5, 0.6) is 5.75 Å². The minimum absolute atomic E-state index is 0. The summed E-state index contributed by atoms with van der Waals surface area (Å²) in [6.07, 6.45) is 2.26. The summed E-state index contributed by atoms with van der Waals surface area (Å²) in [6, 6.07) is 15.9. The van der Waals surface area contributed by atoms with Gasteiger partial charge in [0.25, 0.3) is 0 Å². The molecule has 0 aromatic heterocycles. The smallest absolute Gasteiger partial charge is 0.175 e. The van der Waals surface area contributed by atoms with E-state index in [-0.39, 0.29) is 17.3 Å². The van der Waals surface area contributed by atoms with E-state index in [0.717, 1.165) is 32.6 Å². The van der Waals surface area contributed by atoms with Crippen molar-refractivity contribution in [2.75, 3.05) is 39.0 Å². The number of rotatable bonds is 7. The minimum Gasteiger partial charge on any atom is -0.492 e. The van der Waals surface area contributed by atoms with E-state index in [9.17, 15) is 8.42 Å². The fourth-order valence-corrected chi connectivity index (χ4v) is 4.05. The third kappa shape index (κ3) is 5.95. The van der Waals surface area contributed by atoms with Crippen LogP contribution in [0, 0.1) is 0 Å². The zero-order valence-corrected chi connectivity index (χ0v) is 18.1. The Hall–Kier alpha value is -1.60. The van der Waals surface area contributed by atoms with Gasteiger partial charge in [-0.15, -0.1) is 12.4 Å². The van der Waals surface area contributed by atoms with Crippen LogP contribution in [0.3, 0.4) is 0 Å². The first kappa shape index (κ1) is 22.7. The van der Waals surface area contributed by atoms with Gasteiger partial charge < -0.3 is 10.1 Å². The fraction of sp³-hybridized carbons (Fsp3) is 0.429. The first-order valence-electron chi connectivity index (χ1n) is 9.44.